The number of hydrogen-bond acceptors (Lipinski definition) is 6. The summed E-state index contributed by atoms with van der Waals surface area (Å²) in [6.45, 7) is 0.230. The van der Waals surface area contributed by atoms with E-state index in [2.05, 4.69) is 5.32 Å². The first kappa shape index (κ1) is 23.1. The van der Waals surface area contributed by atoms with Crippen molar-refractivity contribution in [3.63, 3.8) is 0 Å². The van der Waals surface area contributed by atoms with Crippen molar-refractivity contribution >= 4 is 29.7 Å². The highest BCUT2D eigenvalue weighted by molar-refractivity contribution is 7.99. The molecule has 33 heavy (non-hydrogen) atoms. The lowest BCUT2D eigenvalue weighted by molar-refractivity contribution is -0.143. The van der Waals surface area contributed by atoms with Gasteiger partial charge in [0.05, 0.1) is 19.1 Å². The lowest BCUT2D eigenvalue weighted by Crippen LogP contribution is -2.56. The molecular weight excluding hydrogens is 444 g/mol. The third kappa shape index (κ3) is 4.99. The van der Waals surface area contributed by atoms with Crippen LogP contribution in [-0.4, -0.2) is 76.4 Å². The number of benzene rings is 2. The van der Waals surface area contributed by atoms with Crippen molar-refractivity contribution < 1.29 is 29.3 Å². The number of nitrogens with one attached hydrogen (secondary N) is 1. The first-order valence-electron chi connectivity index (χ1n) is 10.8. The molecular formula is C24H26N2O6S. The molecule has 1 heterocycles. The minimum absolute atomic E-state index is 0.0630. The minimum atomic E-state index is -1.27. The van der Waals surface area contributed by atoms with Gasteiger partial charge in [-0.3, -0.25) is 9.59 Å². The summed E-state index contributed by atoms with van der Waals surface area (Å²) < 4.78 is 5.48. The first-order valence-corrected chi connectivity index (χ1v) is 12.0. The van der Waals surface area contributed by atoms with Gasteiger partial charge in [0, 0.05) is 24.0 Å². The number of carbonyl (C=O) groups is 3. The van der Waals surface area contributed by atoms with Crippen LogP contribution in [0.3, 0.4) is 0 Å². The van der Waals surface area contributed by atoms with Gasteiger partial charge in [0.25, 0.3) is 0 Å². The molecule has 0 radical (unpaired) electrons. The Bertz CT molecular complexity index is 1000. The number of alkyl carbamates (subject to hydrolysis) is 1. The van der Waals surface area contributed by atoms with Gasteiger partial charge in [0.2, 0.25) is 5.91 Å². The van der Waals surface area contributed by atoms with Crippen molar-refractivity contribution in [3.05, 3.63) is 59.7 Å². The van der Waals surface area contributed by atoms with Crippen molar-refractivity contribution in [1.29, 1.82) is 0 Å². The van der Waals surface area contributed by atoms with Crippen molar-refractivity contribution in [2.24, 2.45) is 0 Å². The van der Waals surface area contributed by atoms with Crippen LogP contribution in [0.25, 0.3) is 11.1 Å². The Hall–Kier alpha value is -3.04. The van der Waals surface area contributed by atoms with Crippen LogP contribution in [0.5, 0.6) is 0 Å². The monoisotopic (exact) mass is 470 g/mol. The Kier molecular flexibility index (Phi) is 7.20. The van der Waals surface area contributed by atoms with Crippen LogP contribution in [0.4, 0.5) is 4.79 Å². The van der Waals surface area contributed by atoms with Gasteiger partial charge in [-0.15, -0.1) is 0 Å². The number of aliphatic hydroxyl groups is 1. The topological polar surface area (TPSA) is 116 Å². The number of amides is 2. The normalized spacial score (nSPS) is 18.2. The molecule has 1 aliphatic carbocycles. The number of aliphatic hydroxyl groups excluding tert-OH is 1. The molecule has 2 unspecified atom stereocenters. The maximum Gasteiger partial charge on any atom is 0.407 e. The maximum atomic E-state index is 13.0. The van der Waals surface area contributed by atoms with Crippen molar-refractivity contribution in [3.8, 4) is 11.1 Å². The fourth-order valence-electron chi connectivity index (χ4n) is 4.45. The second-order valence-corrected chi connectivity index (χ2v) is 9.21. The zero-order valence-electron chi connectivity index (χ0n) is 18.0. The molecule has 0 aromatic heterocycles. The van der Waals surface area contributed by atoms with E-state index in [4.69, 9.17) is 4.74 Å². The fraction of sp³-hybridized carbons (Fsp3) is 0.375. The summed E-state index contributed by atoms with van der Waals surface area (Å²) >= 11 is 1.62. The van der Waals surface area contributed by atoms with Gasteiger partial charge in [-0.1, -0.05) is 48.5 Å². The molecule has 1 aliphatic heterocycles. The Morgan fingerprint density at radius 3 is 2.33 bits per heavy atom. The quantitative estimate of drug-likeness (QED) is 0.569. The second-order valence-electron chi connectivity index (χ2n) is 8.06. The van der Waals surface area contributed by atoms with E-state index in [0.717, 1.165) is 22.3 Å². The Morgan fingerprint density at radius 2 is 1.73 bits per heavy atom. The lowest BCUT2D eigenvalue weighted by atomic mass is 9.98. The predicted octanol–water partition coefficient (Wildman–Crippen LogP) is 2.30. The molecule has 8 nitrogen and oxygen atoms in total. The molecule has 4 rings (SSSR count). The summed E-state index contributed by atoms with van der Waals surface area (Å²) in [5.74, 6) is -0.626. The summed E-state index contributed by atoms with van der Waals surface area (Å²) in [6.07, 6.45) is -1.41. The van der Waals surface area contributed by atoms with Gasteiger partial charge in [0.1, 0.15) is 12.6 Å². The highest BCUT2D eigenvalue weighted by atomic mass is 32.2. The lowest BCUT2D eigenvalue weighted by Gasteiger charge is -2.36. The van der Waals surface area contributed by atoms with E-state index < -0.39 is 36.5 Å². The van der Waals surface area contributed by atoms with Crippen molar-refractivity contribution in [2.45, 2.75) is 24.4 Å². The van der Waals surface area contributed by atoms with E-state index in [1.165, 1.54) is 4.90 Å². The summed E-state index contributed by atoms with van der Waals surface area (Å²) in [5, 5.41) is 21.3. The predicted molar refractivity (Wildman–Crippen MR) is 124 cm³/mol. The van der Waals surface area contributed by atoms with Crippen LogP contribution >= 0.6 is 11.8 Å². The third-order valence-electron chi connectivity index (χ3n) is 6.03. The van der Waals surface area contributed by atoms with Crippen LogP contribution in [-0.2, 0) is 14.3 Å². The average Bonchev–Trinajstić information content (AvgIpc) is 3.15. The second kappa shape index (κ2) is 10.3. The van der Waals surface area contributed by atoms with E-state index in [1.807, 2.05) is 48.5 Å². The van der Waals surface area contributed by atoms with Crippen LogP contribution in [0.15, 0.2) is 48.5 Å². The standard InChI is InChI=1S/C24H26N2O6S/c27-12-15-14-33-10-9-26(15)23(30)21(11-22(28)29)25-24(31)32-13-20-18-7-3-1-5-16(18)17-6-2-4-8-19(17)20/h1-8,15,20-21,27H,9-14H2,(H,25,31)(H,28,29). The van der Waals surface area contributed by atoms with Gasteiger partial charge in [0.15, 0.2) is 0 Å². The molecule has 0 saturated carbocycles. The zero-order chi connectivity index (χ0) is 23.4. The Morgan fingerprint density at radius 1 is 1.09 bits per heavy atom. The fourth-order valence-corrected chi connectivity index (χ4v) is 5.50. The molecule has 2 aromatic carbocycles. The molecule has 2 atom stereocenters. The highest BCUT2D eigenvalue weighted by Gasteiger charge is 2.34. The van der Waals surface area contributed by atoms with E-state index in [-0.39, 0.29) is 19.1 Å². The number of fused-ring (bicyclic) bond motifs is 3. The third-order valence-corrected chi connectivity index (χ3v) is 7.13. The summed E-state index contributed by atoms with van der Waals surface area (Å²) in [6, 6.07) is 14.2. The molecule has 0 spiro atoms. The zero-order valence-corrected chi connectivity index (χ0v) is 18.8. The maximum absolute atomic E-state index is 13.0. The van der Waals surface area contributed by atoms with Crippen LogP contribution in [0, 0.1) is 0 Å². The Balaban J connectivity index is 1.44. The van der Waals surface area contributed by atoms with Crippen molar-refractivity contribution in [1.82, 2.24) is 10.2 Å². The number of hydrogen-bond donors (Lipinski definition) is 3. The minimum Gasteiger partial charge on any atom is -0.481 e. The van der Waals surface area contributed by atoms with Gasteiger partial charge in [-0.2, -0.15) is 11.8 Å². The van der Waals surface area contributed by atoms with Gasteiger partial charge < -0.3 is 25.2 Å². The van der Waals surface area contributed by atoms with Crippen LogP contribution in [0.1, 0.15) is 23.5 Å². The largest absolute Gasteiger partial charge is 0.481 e. The summed E-state index contributed by atoms with van der Waals surface area (Å²) in [5.41, 5.74) is 4.31. The number of carbonyl (C=O) groups excluding carboxylic acids is 2. The molecule has 2 aliphatic rings. The molecule has 1 fully saturated rings. The highest BCUT2D eigenvalue weighted by Crippen LogP contribution is 2.44. The Labute approximate surface area is 195 Å². The molecule has 2 aromatic rings. The number of thioether (sulfide) groups is 1. The number of nitrogens with zero attached hydrogens (tertiary/aromatic N) is 1. The first-order chi connectivity index (χ1) is 16.0. The number of carboxylic acid groups (broad SMARTS) is 1. The number of ether oxygens (including phenoxy) is 1. The van der Waals surface area contributed by atoms with Gasteiger partial charge >= 0.3 is 12.1 Å². The van der Waals surface area contributed by atoms with Crippen molar-refractivity contribution in [2.75, 3.05) is 31.3 Å². The molecule has 9 heteroatoms. The molecule has 3 N–H and O–H groups in total. The average molecular weight is 471 g/mol. The van der Waals surface area contributed by atoms with E-state index in [1.54, 1.807) is 11.8 Å². The smallest absolute Gasteiger partial charge is 0.407 e. The van der Waals surface area contributed by atoms with E-state index >= 15 is 0 Å². The summed E-state index contributed by atoms with van der Waals surface area (Å²) in [4.78, 5) is 38.4. The van der Waals surface area contributed by atoms with Gasteiger partial charge in [-0.25, -0.2) is 4.79 Å². The molecule has 0 bridgehead atoms. The van der Waals surface area contributed by atoms with Crippen LogP contribution in [0.2, 0.25) is 0 Å². The number of aliphatic carboxylic acids is 1. The SMILES string of the molecule is O=C(O)CC(NC(=O)OCC1c2ccccc2-c2ccccc21)C(=O)N1CCSCC1CO. The number of carboxylic acids is 1. The number of rotatable bonds is 7. The van der Waals surface area contributed by atoms with Gasteiger partial charge in [-0.05, 0) is 22.3 Å². The molecule has 174 valence electrons. The van der Waals surface area contributed by atoms with E-state index in [9.17, 15) is 24.6 Å². The van der Waals surface area contributed by atoms with E-state index in [0.29, 0.717) is 18.1 Å². The summed E-state index contributed by atoms with van der Waals surface area (Å²) in [7, 11) is 0. The molecule has 1 saturated heterocycles. The van der Waals surface area contributed by atoms with Crippen LogP contribution < -0.4 is 5.32 Å². The molecule has 2 amide bonds.